The summed E-state index contributed by atoms with van der Waals surface area (Å²) in [7, 11) is -4.91. The normalized spacial score (nSPS) is 38.5. The van der Waals surface area contributed by atoms with E-state index in [0.717, 1.165) is 0 Å². The van der Waals surface area contributed by atoms with Crippen molar-refractivity contribution in [3.05, 3.63) is 0 Å². The first-order valence-corrected chi connectivity index (χ1v) is 5.70. The summed E-state index contributed by atoms with van der Waals surface area (Å²) in [4.78, 5) is 0. The topological polar surface area (TPSA) is 159 Å². The zero-order chi connectivity index (χ0) is 12.5. The van der Waals surface area contributed by atoms with Crippen molar-refractivity contribution in [2.24, 2.45) is 0 Å². The Kier molecular flexibility index (Phi) is 6.99. The van der Waals surface area contributed by atoms with Gasteiger partial charge in [-0.15, -0.1) is 0 Å². The molecule has 5 atom stereocenters. The van der Waals surface area contributed by atoms with Crippen molar-refractivity contribution >= 4 is 10.3 Å². The van der Waals surface area contributed by atoms with Gasteiger partial charge in [-0.1, -0.05) is 0 Å². The number of rotatable bonds is 3. The van der Waals surface area contributed by atoms with Gasteiger partial charge in [0.15, 0.2) is 16.6 Å². The molecule has 1 aliphatic heterocycles. The smallest absolute Gasteiger partial charge is 0.735 e. The van der Waals surface area contributed by atoms with Gasteiger partial charge in [-0.25, -0.2) is 13.1 Å². The molecule has 0 saturated carbocycles. The van der Waals surface area contributed by atoms with E-state index >= 15 is 0 Å². The first-order chi connectivity index (χ1) is 7.26. The van der Waals surface area contributed by atoms with Gasteiger partial charge in [0.25, 0.3) is 0 Å². The van der Waals surface area contributed by atoms with Crippen LogP contribution in [0.1, 0.15) is 0 Å². The molecule has 1 aliphatic rings. The van der Waals surface area contributed by atoms with E-state index < -0.39 is 47.6 Å². The third-order valence-corrected chi connectivity index (χ3v) is 2.74. The maximum absolute atomic E-state index is 10.4. The van der Waals surface area contributed by atoms with E-state index in [1.807, 2.05) is 0 Å². The zero-order valence-electron chi connectivity index (χ0n) is 8.92. The minimum absolute atomic E-state index is 0. The average Bonchev–Trinajstić information content (AvgIpc) is 2.17. The van der Waals surface area contributed by atoms with Gasteiger partial charge in [0.2, 0.25) is 0 Å². The van der Waals surface area contributed by atoms with Crippen LogP contribution in [0, 0.1) is 0 Å². The van der Waals surface area contributed by atoms with Crippen LogP contribution in [0.15, 0.2) is 0 Å². The summed E-state index contributed by atoms with van der Waals surface area (Å²) in [5.74, 6) is 0. The van der Waals surface area contributed by atoms with Gasteiger partial charge in [-0.2, -0.15) is 0 Å². The van der Waals surface area contributed by atoms with Gasteiger partial charge in [0.05, 0.1) is 12.6 Å². The molecule has 11 heteroatoms. The van der Waals surface area contributed by atoms with E-state index in [0.29, 0.717) is 0 Å². The third kappa shape index (κ3) is 4.69. The van der Waals surface area contributed by atoms with Crippen molar-refractivity contribution in [3.8, 4) is 0 Å². The van der Waals surface area contributed by atoms with Crippen molar-refractivity contribution in [2.75, 3.05) is 6.61 Å². The molecule has 0 bridgehead atoms. The van der Waals surface area contributed by atoms with Crippen LogP contribution >= 0.6 is 0 Å². The summed E-state index contributed by atoms with van der Waals surface area (Å²) in [6.07, 6.45) is -6.46. The molecule has 5 N–H and O–H groups in total. The molecule has 0 unspecified atom stereocenters. The number of aliphatic hydroxyl groups is 4. The van der Waals surface area contributed by atoms with Gasteiger partial charge in [-0.05, 0) is 0 Å². The Balaban J connectivity index is 0.00000256. The van der Waals surface area contributed by atoms with E-state index in [2.05, 4.69) is 4.74 Å². The molecule has 0 aromatic rings. The maximum atomic E-state index is 10.4. The van der Waals surface area contributed by atoms with E-state index in [9.17, 15) is 28.3 Å². The quantitative estimate of drug-likeness (QED) is 0.252. The van der Waals surface area contributed by atoms with E-state index in [-0.39, 0.29) is 29.6 Å². The van der Waals surface area contributed by atoms with Crippen molar-refractivity contribution in [3.63, 3.8) is 0 Å². The fraction of sp³-hybridized carbons (Fsp3) is 1.00. The molecule has 0 radical (unpaired) electrons. The number of ether oxygens (including phenoxy) is 1. The standard InChI is InChI=1S/C6H13NO8S.Na/c8-1-2-4(9)5(10)3(6(11)15-2)7-16(12,13)14;/h2-11H,1H2,(H,12,13,14);/q;+1/p-1/t2-,3-,4-,5-,6-;/m1./s1. The summed E-state index contributed by atoms with van der Waals surface area (Å²) in [6, 6.07) is -1.68. The van der Waals surface area contributed by atoms with Crippen LogP contribution < -0.4 is 34.3 Å². The Morgan fingerprint density at radius 3 is 2.18 bits per heavy atom. The SMILES string of the molecule is O=S(=O)([O-])N[C@@H]1[C@@H](O)[C@H](O)[C@@H](CO)O[C@H]1O.[Na+]. The summed E-state index contributed by atoms with van der Waals surface area (Å²) in [6.45, 7) is -0.674. The van der Waals surface area contributed by atoms with Gasteiger partial charge in [0.1, 0.15) is 18.3 Å². The molecule has 1 saturated heterocycles. The number of aliphatic hydroxyl groups excluding tert-OH is 4. The van der Waals surface area contributed by atoms with Crippen LogP contribution in [0.4, 0.5) is 0 Å². The molecule has 0 spiro atoms. The Bertz CT molecular complexity index is 337. The first-order valence-electron chi connectivity index (χ1n) is 4.30. The Labute approximate surface area is 120 Å². The van der Waals surface area contributed by atoms with Gasteiger partial charge < -0.3 is 29.7 Å². The van der Waals surface area contributed by atoms with Crippen molar-refractivity contribution in [2.45, 2.75) is 30.6 Å². The van der Waals surface area contributed by atoms with E-state index in [1.54, 1.807) is 0 Å². The molecular formula is C6H12NNaO8S. The second kappa shape index (κ2) is 6.73. The van der Waals surface area contributed by atoms with Crippen molar-refractivity contribution in [1.82, 2.24) is 4.72 Å². The fourth-order valence-corrected chi connectivity index (χ4v) is 1.98. The van der Waals surface area contributed by atoms with Crippen LogP contribution in [-0.4, -0.2) is 70.6 Å². The van der Waals surface area contributed by atoms with Crippen molar-refractivity contribution < 1.29 is 67.7 Å². The van der Waals surface area contributed by atoms with Crippen molar-refractivity contribution in [1.29, 1.82) is 0 Å². The minimum atomic E-state index is -4.91. The summed E-state index contributed by atoms with van der Waals surface area (Å²) in [5, 5.41) is 36.7. The van der Waals surface area contributed by atoms with Crippen LogP contribution in [0.3, 0.4) is 0 Å². The predicted molar refractivity (Wildman–Crippen MR) is 46.6 cm³/mol. The van der Waals surface area contributed by atoms with Gasteiger partial charge in [-0.3, -0.25) is 0 Å². The molecule has 0 aromatic carbocycles. The summed E-state index contributed by atoms with van der Waals surface area (Å²) >= 11 is 0. The van der Waals surface area contributed by atoms with E-state index in [4.69, 9.17) is 5.11 Å². The van der Waals surface area contributed by atoms with Crippen LogP contribution in [0.25, 0.3) is 0 Å². The molecular weight excluding hydrogens is 269 g/mol. The average molecular weight is 281 g/mol. The second-order valence-corrected chi connectivity index (χ2v) is 4.47. The van der Waals surface area contributed by atoms with Gasteiger partial charge in [0, 0.05) is 0 Å². The molecule has 1 heterocycles. The second-order valence-electron chi connectivity index (χ2n) is 3.33. The van der Waals surface area contributed by atoms with Crippen LogP contribution in [0.5, 0.6) is 0 Å². The molecule has 9 nitrogen and oxygen atoms in total. The zero-order valence-corrected chi connectivity index (χ0v) is 11.7. The summed E-state index contributed by atoms with van der Waals surface area (Å²) in [5.41, 5.74) is 0. The Morgan fingerprint density at radius 2 is 1.76 bits per heavy atom. The fourth-order valence-electron chi connectivity index (χ4n) is 1.39. The molecule has 1 fully saturated rings. The maximum Gasteiger partial charge on any atom is 1.00 e. The number of nitrogens with one attached hydrogen (secondary N) is 1. The van der Waals surface area contributed by atoms with Crippen LogP contribution in [-0.2, 0) is 15.0 Å². The number of hydrogen-bond donors (Lipinski definition) is 5. The third-order valence-electron chi connectivity index (χ3n) is 2.18. The summed E-state index contributed by atoms with van der Waals surface area (Å²) < 4.78 is 37.1. The Hall–Kier alpha value is 0.670. The largest absolute Gasteiger partial charge is 1.00 e. The van der Waals surface area contributed by atoms with Gasteiger partial charge >= 0.3 is 29.6 Å². The molecule has 0 aromatic heterocycles. The molecule has 0 aliphatic carbocycles. The first kappa shape index (κ1) is 17.7. The minimum Gasteiger partial charge on any atom is -0.735 e. The van der Waals surface area contributed by atoms with Crippen LogP contribution in [0.2, 0.25) is 0 Å². The monoisotopic (exact) mass is 281 g/mol. The molecule has 0 amide bonds. The molecule has 96 valence electrons. The molecule has 17 heavy (non-hydrogen) atoms. The van der Waals surface area contributed by atoms with E-state index in [1.165, 1.54) is 4.72 Å². The predicted octanol–water partition coefficient (Wildman–Crippen LogP) is -7.16. The Morgan fingerprint density at radius 1 is 1.24 bits per heavy atom. The number of hydrogen-bond acceptors (Lipinski definition) is 8. The molecule has 1 rings (SSSR count).